The highest BCUT2D eigenvalue weighted by atomic mass is 16.6. The van der Waals surface area contributed by atoms with Crippen molar-refractivity contribution in [3.05, 3.63) is 35.4 Å². The van der Waals surface area contributed by atoms with Crippen LogP contribution in [0.3, 0.4) is 0 Å². The van der Waals surface area contributed by atoms with E-state index in [0.29, 0.717) is 32.5 Å². The van der Waals surface area contributed by atoms with Crippen molar-refractivity contribution in [1.82, 2.24) is 4.90 Å². The number of terminal acetylenes is 1. The lowest BCUT2D eigenvalue weighted by Gasteiger charge is -2.41. The lowest BCUT2D eigenvalue weighted by molar-refractivity contribution is -0.162. The maximum absolute atomic E-state index is 12.9. The molecule has 27 heavy (non-hydrogen) atoms. The van der Waals surface area contributed by atoms with E-state index in [2.05, 4.69) is 35.0 Å². The lowest BCUT2D eigenvalue weighted by Crippen LogP contribution is -2.50. The predicted octanol–water partition coefficient (Wildman–Crippen LogP) is 3.16. The van der Waals surface area contributed by atoms with Crippen LogP contribution in [0.5, 0.6) is 0 Å². The van der Waals surface area contributed by atoms with Crippen LogP contribution in [0.4, 0.5) is 0 Å². The number of carbonyl (C=O) groups is 1. The van der Waals surface area contributed by atoms with Crippen molar-refractivity contribution in [2.45, 2.75) is 45.6 Å². The van der Waals surface area contributed by atoms with E-state index in [-0.39, 0.29) is 12.1 Å². The van der Waals surface area contributed by atoms with Gasteiger partial charge in [0.2, 0.25) is 0 Å². The molecule has 5 heteroatoms. The second-order valence-electron chi connectivity index (χ2n) is 7.51. The van der Waals surface area contributed by atoms with Crippen molar-refractivity contribution in [3.63, 3.8) is 0 Å². The monoisotopic (exact) mass is 368 g/mol. The van der Waals surface area contributed by atoms with Crippen LogP contribution < -0.4 is 0 Å². The molecule has 0 aliphatic carbocycles. The molecule has 0 amide bonds. The van der Waals surface area contributed by atoms with E-state index in [9.17, 15) is 4.79 Å². The number of carbonyl (C=O) groups excluding carboxylic acids is 1. The number of hydrogen-bond acceptors (Lipinski definition) is 5. The van der Waals surface area contributed by atoms with E-state index < -0.39 is 5.41 Å². The number of piperidine rings is 1. The first kappa shape index (κ1) is 19.4. The number of rotatable bonds is 6. The molecule has 1 fully saturated rings. The van der Waals surface area contributed by atoms with Gasteiger partial charge < -0.3 is 9.57 Å². The summed E-state index contributed by atoms with van der Waals surface area (Å²) in [4.78, 5) is 20.8. The molecule has 2 aliphatic rings. The molecule has 0 radical (unpaired) electrons. The molecular formula is C22H28N2O3. The van der Waals surface area contributed by atoms with E-state index in [1.54, 1.807) is 0 Å². The Labute approximate surface area is 161 Å². The molecule has 1 aromatic carbocycles. The molecule has 1 saturated heterocycles. The summed E-state index contributed by atoms with van der Waals surface area (Å²) in [7, 11) is 0. The fourth-order valence-corrected chi connectivity index (χ4v) is 4.22. The van der Waals surface area contributed by atoms with Crippen molar-refractivity contribution >= 4 is 11.7 Å². The number of esters is 1. The van der Waals surface area contributed by atoms with Gasteiger partial charge in [-0.3, -0.25) is 9.69 Å². The van der Waals surface area contributed by atoms with Crippen LogP contribution in [0.15, 0.2) is 29.4 Å². The SMILES string of the molecule is C#CCN1CCC[C@@](C[C@H]2CC(c3ccccc3C)=NO2)(C(=O)OCC)C1. The smallest absolute Gasteiger partial charge is 0.313 e. The molecule has 0 aromatic heterocycles. The molecule has 0 spiro atoms. The highest BCUT2D eigenvalue weighted by Crippen LogP contribution is 2.39. The first-order chi connectivity index (χ1) is 13.1. The number of oxime groups is 1. The summed E-state index contributed by atoms with van der Waals surface area (Å²) in [5.41, 5.74) is 2.67. The fourth-order valence-electron chi connectivity index (χ4n) is 4.22. The summed E-state index contributed by atoms with van der Waals surface area (Å²) < 4.78 is 5.44. The number of nitrogens with zero attached hydrogens (tertiary/aromatic N) is 2. The van der Waals surface area contributed by atoms with Gasteiger partial charge >= 0.3 is 5.97 Å². The zero-order chi connectivity index (χ0) is 19.3. The molecule has 2 aliphatic heterocycles. The van der Waals surface area contributed by atoms with E-state index in [0.717, 1.165) is 30.7 Å². The largest absolute Gasteiger partial charge is 0.466 e. The van der Waals surface area contributed by atoms with Crippen molar-refractivity contribution in [3.8, 4) is 12.3 Å². The summed E-state index contributed by atoms with van der Waals surface area (Å²) >= 11 is 0. The topological polar surface area (TPSA) is 51.1 Å². The Morgan fingerprint density at radius 2 is 2.30 bits per heavy atom. The van der Waals surface area contributed by atoms with Crippen LogP contribution in [0.2, 0.25) is 0 Å². The Morgan fingerprint density at radius 3 is 3.04 bits per heavy atom. The van der Waals surface area contributed by atoms with E-state index >= 15 is 0 Å². The normalized spacial score (nSPS) is 25.4. The minimum absolute atomic E-state index is 0.116. The molecule has 0 N–H and O–H groups in total. The molecule has 0 unspecified atom stereocenters. The van der Waals surface area contributed by atoms with E-state index in [1.807, 2.05) is 19.1 Å². The Bertz CT molecular complexity index is 752. The maximum Gasteiger partial charge on any atom is 0.313 e. The Hall–Kier alpha value is -2.32. The van der Waals surface area contributed by atoms with Crippen LogP contribution in [-0.2, 0) is 14.4 Å². The molecule has 3 rings (SSSR count). The third-order valence-corrected chi connectivity index (χ3v) is 5.49. The third-order valence-electron chi connectivity index (χ3n) is 5.49. The zero-order valence-electron chi connectivity index (χ0n) is 16.2. The van der Waals surface area contributed by atoms with Gasteiger partial charge in [-0.05, 0) is 38.8 Å². The van der Waals surface area contributed by atoms with Gasteiger partial charge in [0.15, 0.2) is 0 Å². The highest BCUT2D eigenvalue weighted by Gasteiger charge is 2.46. The number of ether oxygens (including phenoxy) is 1. The number of aryl methyl sites for hydroxylation is 1. The predicted molar refractivity (Wildman–Crippen MR) is 105 cm³/mol. The molecule has 5 nitrogen and oxygen atoms in total. The summed E-state index contributed by atoms with van der Waals surface area (Å²) in [6, 6.07) is 8.17. The van der Waals surface area contributed by atoms with Crippen molar-refractivity contribution < 1.29 is 14.4 Å². The molecule has 2 atom stereocenters. The summed E-state index contributed by atoms with van der Waals surface area (Å²) in [5, 5.41) is 4.32. The quantitative estimate of drug-likeness (QED) is 0.572. The summed E-state index contributed by atoms with van der Waals surface area (Å²) in [6.45, 7) is 6.39. The van der Waals surface area contributed by atoms with Crippen LogP contribution in [-0.4, -0.2) is 48.9 Å². The van der Waals surface area contributed by atoms with Crippen molar-refractivity contribution in [1.29, 1.82) is 0 Å². The average molecular weight is 368 g/mol. The highest BCUT2D eigenvalue weighted by molar-refractivity contribution is 6.02. The molecule has 144 valence electrons. The van der Waals surface area contributed by atoms with Gasteiger partial charge in [0, 0.05) is 24.9 Å². The van der Waals surface area contributed by atoms with Gasteiger partial charge in [0.05, 0.1) is 24.3 Å². The first-order valence-corrected chi connectivity index (χ1v) is 9.69. The van der Waals surface area contributed by atoms with Gasteiger partial charge in [-0.15, -0.1) is 6.42 Å². The molecule has 1 aromatic rings. The maximum atomic E-state index is 12.9. The van der Waals surface area contributed by atoms with Crippen LogP contribution >= 0.6 is 0 Å². The van der Waals surface area contributed by atoms with Crippen LogP contribution in [0, 0.1) is 24.7 Å². The Morgan fingerprint density at radius 1 is 1.48 bits per heavy atom. The van der Waals surface area contributed by atoms with Crippen molar-refractivity contribution in [2.75, 3.05) is 26.2 Å². The minimum atomic E-state index is -0.577. The first-order valence-electron chi connectivity index (χ1n) is 9.69. The van der Waals surface area contributed by atoms with Crippen LogP contribution in [0.1, 0.15) is 43.7 Å². The van der Waals surface area contributed by atoms with Gasteiger partial charge in [-0.25, -0.2) is 0 Å². The third kappa shape index (κ3) is 4.33. The minimum Gasteiger partial charge on any atom is -0.466 e. The molecule has 2 heterocycles. The average Bonchev–Trinajstić information content (AvgIpc) is 3.11. The summed E-state index contributed by atoms with van der Waals surface area (Å²) in [6.07, 6.45) is 8.42. The fraction of sp³-hybridized carbons (Fsp3) is 0.545. The van der Waals surface area contributed by atoms with Crippen molar-refractivity contribution in [2.24, 2.45) is 10.6 Å². The van der Waals surface area contributed by atoms with Gasteiger partial charge in [-0.1, -0.05) is 35.3 Å². The standard InChI is InChI=1S/C22H28N2O3/c1-4-12-24-13-8-11-22(16-24,21(25)26-5-2)15-18-14-20(23-27-18)19-10-7-6-9-17(19)3/h1,6-7,9-10,18H,5,8,11-16H2,2-3H3/t18-,22+/m1/s1. The zero-order valence-corrected chi connectivity index (χ0v) is 16.2. The lowest BCUT2D eigenvalue weighted by atomic mass is 9.74. The van der Waals surface area contributed by atoms with Gasteiger partial charge in [0.25, 0.3) is 0 Å². The van der Waals surface area contributed by atoms with Gasteiger partial charge in [-0.2, -0.15) is 0 Å². The van der Waals surface area contributed by atoms with Gasteiger partial charge in [0.1, 0.15) is 6.10 Å². The molecule has 0 bridgehead atoms. The summed E-state index contributed by atoms with van der Waals surface area (Å²) in [5.74, 6) is 2.56. The number of hydrogen-bond donors (Lipinski definition) is 0. The molecular weight excluding hydrogens is 340 g/mol. The second kappa shape index (κ2) is 8.58. The Kier molecular flexibility index (Phi) is 6.18. The number of likely N-dealkylation sites (tertiary alicyclic amines) is 1. The Balaban J connectivity index is 1.73. The van der Waals surface area contributed by atoms with E-state index in [4.69, 9.17) is 16.0 Å². The molecule has 0 saturated carbocycles. The number of benzene rings is 1. The van der Waals surface area contributed by atoms with E-state index in [1.165, 1.54) is 5.56 Å². The second-order valence-corrected chi connectivity index (χ2v) is 7.51. The van der Waals surface area contributed by atoms with Crippen LogP contribution in [0.25, 0.3) is 0 Å².